The number of nitrogens with two attached hydrogens (primary N) is 1. The number of fused-ring (bicyclic) bond motifs is 2. The number of carbonyl (C=O) groups excluding carboxylic acids is 2. The summed E-state index contributed by atoms with van der Waals surface area (Å²) in [6, 6.07) is 10.4. The summed E-state index contributed by atoms with van der Waals surface area (Å²) in [6.07, 6.45) is 4.60. The zero-order valence-corrected chi connectivity index (χ0v) is 25.8. The number of hydrogen-bond acceptors (Lipinski definition) is 8. The van der Waals surface area contributed by atoms with Crippen LogP contribution in [-0.4, -0.2) is 78.2 Å². The summed E-state index contributed by atoms with van der Waals surface area (Å²) in [4.78, 5) is 42.2. The number of ether oxygens (including phenoxy) is 1. The number of rotatable bonds is 9. The van der Waals surface area contributed by atoms with Gasteiger partial charge in [-0.05, 0) is 72.7 Å². The van der Waals surface area contributed by atoms with E-state index in [1.165, 1.54) is 4.90 Å². The normalized spacial score (nSPS) is 18.4. The Bertz CT molecular complexity index is 1970. The van der Waals surface area contributed by atoms with E-state index in [-0.39, 0.29) is 44.2 Å². The van der Waals surface area contributed by atoms with Crippen LogP contribution in [0.2, 0.25) is 0 Å². The van der Waals surface area contributed by atoms with Crippen molar-refractivity contribution in [3.63, 3.8) is 0 Å². The number of methoxy groups -OCH3 is 1. The molecule has 11 nitrogen and oxygen atoms in total. The lowest BCUT2D eigenvalue weighted by molar-refractivity contribution is 0.0606. The number of hydrogen-bond donors (Lipinski definition) is 2. The van der Waals surface area contributed by atoms with E-state index in [4.69, 9.17) is 20.4 Å². The van der Waals surface area contributed by atoms with Crippen molar-refractivity contribution in [3.8, 4) is 17.3 Å². The molecule has 2 aliphatic rings. The Labute approximate surface area is 264 Å². The predicted octanol–water partition coefficient (Wildman–Crippen LogP) is 3.83. The summed E-state index contributed by atoms with van der Waals surface area (Å²) in [5.41, 5.74) is 10.9. The number of Topliss-reactive ketones (excluding diaryl/α,β-unsaturated/α-hetero) is 1. The second-order valence-electron chi connectivity index (χ2n) is 12.4. The van der Waals surface area contributed by atoms with Gasteiger partial charge >= 0.3 is 0 Å². The summed E-state index contributed by atoms with van der Waals surface area (Å²) >= 11 is 0. The molecule has 1 aromatic carbocycles. The molecule has 238 valence electrons. The number of aromatic nitrogens is 5. The summed E-state index contributed by atoms with van der Waals surface area (Å²) in [6.45, 7) is 0.826. The molecule has 1 amide bonds. The molecule has 1 aliphatic carbocycles. The molecule has 0 unspecified atom stereocenters. The van der Waals surface area contributed by atoms with Gasteiger partial charge in [-0.15, -0.1) is 0 Å². The van der Waals surface area contributed by atoms with Crippen molar-refractivity contribution in [3.05, 3.63) is 71.2 Å². The van der Waals surface area contributed by atoms with Gasteiger partial charge in [0.25, 0.3) is 5.91 Å². The molecule has 1 saturated heterocycles. The van der Waals surface area contributed by atoms with Crippen molar-refractivity contribution < 1.29 is 23.8 Å². The second kappa shape index (κ2) is 11.9. The van der Waals surface area contributed by atoms with Gasteiger partial charge in [0, 0.05) is 55.9 Å². The van der Waals surface area contributed by atoms with Crippen LogP contribution in [0.25, 0.3) is 33.6 Å². The average Bonchev–Trinajstić information content (AvgIpc) is 3.72. The molecular formula is C34H36FN7O4. The quantitative estimate of drug-likeness (QED) is 0.236. The fraction of sp³-hybridized carbons (Fsp3) is 0.382. The van der Waals surface area contributed by atoms with Crippen molar-refractivity contribution in [2.24, 2.45) is 18.7 Å². The van der Waals surface area contributed by atoms with Gasteiger partial charge in [0.05, 0.1) is 31.5 Å². The first-order valence-electron chi connectivity index (χ1n) is 15.5. The molecule has 2 atom stereocenters. The third kappa shape index (κ3) is 5.51. The molecule has 7 rings (SSSR count). The third-order valence-corrected chi connectivity index (χ3v) is 9.04. The number of aliphatic hydroxyl groups excluding tert-OH is 1. The van der Waals surface area contributed by atoms with E-state index in [9.17, 15) is 19.1 Å². The number of ketones is 1. The zero-order chi connectivity index (χ0) is 32.1. The Kier molecular flexibility index (Phi) is 7.77. The van der Waals surface area contributed by atoms with E-state index < -0.39 is 12.2 Å². The van der Waals surface area contributed by atoms with Crippen LogP contribution in [0.15, 0.2) is 48.8 Å². The maximum Gasteiger partial charge on any atom is 0.254 e. The number of aliphatic hydroxyl groups is 1. The maximum absolute atomic E-state index is 14.3. The summed E-state index contributed by atoms with van der Waals surface area (Å²) in [7, 11) is 3.45. The highest BCUT2D eigenvalue weighted by atomic mass is 19.1. The molecule has 0 spiro atoms. The number of halogens is 1. The first-order valence-corrected chi connectivity index (χ1v) is 15.5. The highest BCUT2D eigenvalue weighted by molar-refractivity contribution is 6.01. The Balaban J connectivity index is 1.29. The number of piperidine rings is 1. The van der Waals surface area contributed by atoms with Crippen LogP contribution in [0.4, 0.5) is 4.39 Å². The number of likely N-dealkylation sites (tertiary alicyclic amines) is 1. The van der Waals surface area contributed by atoms with Gasteiger partial charge in [0.1, 0.15) is 28.8 Å². The minimum absolute atomic E-state index is 0.00424. The number of pyridine rings is 2. The first kappa shape index (κ1) is 30.0. The monoisotopic (exact) mass is 625 g/mol. The Morgan fingerprint density at radius 1 is 1.11 bits per heavy atom. The van der Waals surface area contributed by atoms with Gasteiger partial charge in [-0.2, -0.15) is 0 Å². The molecular weight excluding hydrogens is 589 g/mol. The number of imidazole rings is 1. The number of aryl methyl sites for hydroxylation is 1. The topological polar surface area (TPSA) is 141 Å². The lowest BCUT2D eigenvalue weighted by Crippen LogP contribution is -2.50. The Morgan fingerprint density at radius 3 is 2.67 bits per heavy atom. The van der Waals surface area contributed by atoms with Crippen LogP contribution in [0.3, 0.4) is 0 Å². The molecule has 5 aromatic rings. The maximum atomic E-state index is 14.3. The predicted molar refractivity (Wildman–Crippen MR) is 170 cm³/mol. The van der Waals surface area contributed by atoms with E-state index in [1.54, 1.807) is 43.8 Å². The van der Waals surface area contributed by atoms with Crippen molar-refractivity contribution in [1.29, 1.82) is 0 Å². The molecule has 1 saturated carbocycles. The number of amides is 1. The largest absolute Gasteiger partial charge is 0.494 e. The van der Waals surface area contributed by atoms with E-state index >= 15 is 0 Å². The molecule has 3 N–H and O–H groups in total. The van der Waals surface area contributed by atoms with E-state index in [1.807, 2.05) is 23.7 Å². The van der Waals surface area contributed by atoms with Crippen molar-refractivity contribution in [2.45, 2.75) is 51.0 Å². The smallest absolute Gasteiger partial charge is 0.254 e. The van der Waals surface area contributed by atoms with E-state index in [2.05, 4.69) is 9.55 Å². The molecule has 5 heterocycles. The summed E-state index contributed by atoms with van der Waals surface area (Å²) in [5.74, 6) is 1.18. The van der Waals surface area contributed by atoms with Gasteiger partial charge in [-0.25, -0.2) is 14.4 Å². The number of benzene rings is 1. The van der Waals surface area contributed by atoms with Crippen LogP contribution in [0.5, 0.6) is 5.75 Å². The minimum Gasteiger partial charge on any atom is -0.494 e. The van der Waals surface area contributed by atoms with Crippen LogP contribution >= 0.6 is 0 Å². The standard InChI is InChI=1S/C34H36FN7O4/c1-40-31-27(9-22(12-30(31)46-2)34(45)41-16-24(35)13-25(36)17-41)39-33(40)28-10-21-5-6-26(38-32(21)42(28)15-19-3-4-19)29(44)11-20-7-8-37-14-23(20)18-43/h5-10,12,14,19,24-25,43H,3-4,11,13,15-18,36H2,1-2H3/t24-,25-/m1/s1. The fourth-order valence-electron chi connectivity index (χ4n) is 6.49. The van der Waals surface area contributed by atoms with E-state index in [0.717, 1.165) is 41.5 Å². The SMILES string of the molecule is COc1cc(C(=O)N2C[C@H](N)C[C@@H](F)C2)cc2nc(-c3cc4ccc(C(=O)Cc5ccncc5CO)nc4n3CC3CC3)n(C)c12. The average molecular weight is 626 g/mol. The molecule has 4 aromatic heterocycles. The third-order valence-electron chi connectivity index (χ3n) is 9.04. The summed E-state index contributed by atoms with van der Waals surface area (Å²) < 4.78 is 24.1. The number of alkyl halides is 1. The van der Waals surface area contributed by atoms with Gasteiger partial charge in [0.2, 0.25) is 0 Å². The highest BCUT2D eigenvalue weighted by Crippen LogP contribution is 2.38. The first-order chi connectivity index (χ1) is 22.2. The van der Waals surface area contributed by atoms with Crippen molar-refractivity contribution in [2.75, 3.05) is 20.2 Å². The van der Waals surface area contributed by atoms with Crippen molar-refractivity contribution >= 4 is 33.8 Å². The van der Waals surface area contributed by atoms with Crippen molar-refractivity contribution in [1.82, 2.24) is 29.0 Å². The molecule has 0 bridgehead atoms. The van der Waals surface area contributed by atoms with Crippen LogP contribution in [0.1, 0.15) is 51.2 Å². The minimum atomic E-state index is -1.16. The molecule has 12 heteroatoms. The van der Waals surface area contributed by atoms with Crippen LogP contribution < -0.4 is 10.5 Å². The number of carbonyl (C=O) groups is 2. The van der Waals surface area contributed by atoms with Gasteiger partial charge in [-0.3, -0.25) is 14.6 Å². The molecule has 0 radical (unpaired) electrons. The van der Waals surface area contributed by atoms with Gasteiger partial charge in [-0.1, -0.05) is 0 Å². The lowest BCUT2D eigenvalue weighted by atomic mass is 10.0. The van der Waals surface area contributed by atoms with Gasteiger partial charge < -0.3 is 29.6 Å². The highest BCUT2D eigenvalue weighted by Gasteiger charge is 2.31. The van der Waals surface area contributed by atoms with Gasteiger partial charge in [0.15, 0.2) is 11.6 Å². The molecule has 2 fully saturated rings. The van der Waals surface area contributed by atoms with E-state index in [0.29, 0.717) is 45.5 Å². The summed E-state index contributed by atoms with van der Waals surface area (Å²) in [5, 5.41) is 10.6. The fourth-order valence-corrected chi connectivity index (χ4v) is 6.49. The lowest BCUT2D eigenvalue weighted by Gasteiger charge is -2.33. The second-order valence-corrected chi connectivity index (χ2v) is 12.4. The number of nitrogens with zero attached hydrogens (tertiary/aromatic N) is 6. The zero-order valence-electron chi connectivity index (χ0n) is 25.8. The van der Waals surface area contributed by atoms with Crippen LogP contribution in [-0.2, 0) is 26.6 Å². The van der Waals surface area contributed by atoms with Crippen LogP contribution in [0, 0.1) is 5.92 Å². The Morgan fingerprint density at radius 2 is 1.93 bits per heavy atom. The molecule has 1 aliphatic heterocycles. The molecule has 46 heavy (non-hydrogen) atoms. The Hall–Kier alpha value is -4.68.